The van der Waals surface area contributed by atoms with Crippen LogP contribution in [0.3, 0.4) is 0 Å². The highest BCUT2D eigenvalue weighted by atomic mass is 19.1. The van der Waals surface area contributed by atoms with Gasteiger partial charge in [-0.25, -0.2) is 4.39 Å². The van der Waals surface area contributed by atoms with E-state index in [0.29, 0.717) is 18.9 Å². The van der Waals surface area contributed by atoms with Crippen molar-refractivity contribution in [1.82, 2.24) is 4.90 Å². The molecule has 0 saturated heterocycles. The zero-order valence-corrected chi connectivity index (χ0v) is 10.0. The highest BCUT2D eigenvalue weighted by molar-refractivity contribution is 5.80. The van der Waals surface area contributed by atoms with Crippen LogP contribution in [0.1, 0.15) is 6.92 Å². The fourth-order valence-electron chi connectivity index (χ4n) is 1.32. The number of nitrogens with zero attached hydrogens (tertiary/aromatic N) is 1. The van der Waals surface area contributed by atoms with Crippen LogP contribution in [-0.4, -0.2) is 37.0 Å². The third-order valence-electron chi connectivity index (χ3n) is 2.26. The van der Waals surface area contributed by atoms with Crippen LogP contribution in [0.15, 0.2) is 24.3 Å². The number of hydrogen-bond acceptors (Lipinski definition) is 3. The molecule has 1 aromatic rings. The van der Waals surface area contributed by atoms with Gasteiger partial charge in [0.15, 0.2) is 0 Å². The van der Waals surface area contributed by atoms with E-state index in [4.69, 9.17) is 10.5 Å². The molecule has 0 unspecified atom stereocenters. The number of ether oxygens (including phenoxy) is 1. The summed E-state index contributed by atoms with van der Waals surface area (Å²) in [6.45, 7) is 2.35. The maximum atomic E-state index is 12.8. The molecule has 0 radical (unpaired) electrons. The molecule has 0 aliphatic rings. The molecular weight excluding hydrogens is 223 g/mol. The maximum absolute atomic E-state index is 12.8. The second-order valence-corrected chi connectivity index (χ2v) is 3.85. The highest BCUT2D eigenvalue weighted by Gasteiger charge is 2.12. The van der Waals surface area contributed by atoms with Crippen molar-refractivity contribution in [3.63, 3.8) is 0 Å². The first-order chi connectivity index (χ1) is 8.00. The summed E-state index contributed by atoms with van der Waals surface area (Å²) < 4.78 is 18.1. The van der Waals surface area contributed by atoms with Gasteiger partial charge in [0.1, 0.15) is 18.2 Å². The predicted molar refractivity (Wildman–Crippen MR) is 63.2 cm³/mol. The predicted octanol–water partition coefficient (Wildman–Crippen LogP) is 1.01. The number of nitrogens with two attached hydrogens (primary N) is 1. The molecule has 0 aliphatic heterocycles. The van der Waals surface area contributed by atoms with Crippen molar-refractivity contribution < 1.29 is 13.9 Å². The average Bonchev–Trinajstić information content (AvgIpc) is 2.27. The van der Waals surface area contributed by atoms with E-state index in [1.165, 1.54) is 17.0 Å². The van der Waals surface area contributed by atoms with E-state index in [9.17, 15) is 9.18 Å². The summed E-state index contributed by atoms with van der Waals surface area (Å²) in [7, 11) is 1.65. The molecule has 0 bridgehead atoms. The number of hydrogen-bond donors (Lipinski definition) is 1. The molecule has 0 aromatic heterocycles. The summed E-state index contributed by atoms with van der Waals surface area (Å²) in [5.41, 5.74) is 5.46. The Morgan fingerprint density at radius 2 is 2.29 bits per heavy atom. The normalized spacial score (nSPS) is 12.0. The Balaban J connectivity index is 2.35. The Morgan fingerprint density at radius 1 is 1.59 bits per heavy atom. The number of amides is 1. The summed E-state index contributed by atoms with van der Waals surface area (Å²) in [6, 6.07) is 5.36. The number of carbonyl (C=O) groups is 1. The monoisotopic (exact) mass is 240 g/mol. The Kier molecular flexibility index (Phi) is 4.90. The molecule has 17 heavy (non-hydrogen) atoms. The Morgan fingerprint density at radius 3 is 2.88 bits per heavy atom. The molecule has 1 amide bonds. The molecule has 0 fully saturated rings. The van der Waals surface area contributed by atoms with E-state index in [0.717, 1.165) is 0 Å². The molecule has 1 atom stereocenters. The van der Waals surface area contributed by atoms with E-state index >= 15 is 0 Å². The molecule has 4 nitrogen and oxygen atoms in total. The topological polar surface area (TPSA) is 55.6 Å². The maximum Gasteiger partial charge on any atom is 0.239 e. The van der Waals surface area contributed by atoms with Crippen LogP contribution in [0.2, 0.25) is 0 Å². The molecule has 5 heteroatoms. The summed E-state index contributed by atoms with van der Waals surface area (Å²) in [5.74, 6) is -0.0398. The van der Waals surface area contributed by atoms with Crippen molar-refractivity contribution in [1.29, 1.82) is 0 Å². The fraction of sp³-hybridized carbons (Fsp3) is 0.417. The summed E-state index contributed by atoms with van der Waals surface area (Å²) in [4.78, 5) is 12.9. The minimum Gasteiger partial charge on any atom is -0.492 e. The number of rotatable bonds is 5. The van der Waals surface area contributed by atoms with Crippen LogP contribution in [-0.2, 0) is 4.79 Å². The van der Waals surface area contributed by atoms with E-state index in [-0.39, 0.29) is 11.7 Å². The number of carbonyl (C=O) groups excluding carboxylic acids is 1. The van der Waals surface area contributed by atoms with Gasteiger partial charge in [-0.05, 0) is 19.1 Å². The van der Waals surface area contributed by atoms with Gasteiger partial charge in [-0.3, -0.25) is 4.79 Å². The van der Waals surface area contributed by atoms with Crippen LogP contribution >= 0.6 is 0 Å². The zero-order chi connectivity index (χ0) is 12.8. The van der Waals surface area contributed by atoms with Crippen molar-refractivity contribution in [2.24, 2.45) is 5.73 Å². The summed E-state index contributed by atoms with van der Waals surface area (Å²) in [6.07, 6.45) is 0. The summed E-state index contributed by atoms with van der Waals surface area (Å²) >= 11 is 0. The van der Waals surface area contributed by atoms with Gasteiger partial charge >= 0.3 is 0 Å². The largest absolute Gasteiger partial charge is 0.492 e. The van der Waals surface area contributed by atoms with Crippen LogP contribution < -0.4 is 10.5 Å². The van der Waals surface area contributed by atoms with Crippen molar-refractivity contribution in [2.75, 3.05) is 20.2 Å². The Hall–Kier alpha value is -1.62. The first-order valence-corrected chi connectivity index (χ1v) is 5.39. The summed E-state index contributed by atoms with van der Waals surface area (Å²) in [5, 5.41) is 0. The van der Waals surface area contributed by atoms with Crippen LogP contribution in [0.5, 0.6) is 5.75 Å². The van der Waals surface area contributed by atoms with Crippen molar-refractivity contribution >= 4 is 5.91 Å². The fourth-order valence-corrected chi connectivity index (χ4v) is 1.32. The molecule has 0 spiro atoms. The van der Waals surface area contributed by atoms with Gasteiger partial charge in [0.2, 0.25) is 5.91 Å². The lowest BCUT2D eigenvalue weighted by Crippen LogP contribution is -2.41. The quantitative estimate of drug-likeness (QED) is 0.835. The third kappa shape index (κ3) is 4.40. The molecule has 1 aromatic carbocycles. The number of likely N-dealkylation sites (N-methyl/N-ethyl adjacent to an activating group) is 1. The highest BCUT2D eigenvalue weighted by Crippen LogP contribution is 2.11. The van der Waals surface area contributed by atoms with Gasteiger partial charge in [0.25, 0.3) is 0 Å². The Labute approximate surface area is 100 Å². The van der Waals surface area contributed by atoms with E-state index in [1.54, 1.807) is 26.1 Å². The number of benzene rings is 1. The van der Waals surface area contributed by atoms with E-state index in [1.807, 2.05) is 0 Å². The van der Waals surface area contributed by atoms with Gasteiger partial charge in [0.05, 0.1) is 12.6 Å². The van der Waals surface area contributed by atoms with Crippen molar-refractivity contribution in [3.05, 3.63) is 30.1 Å². The van der Waals surface area contributed by atoms with Crippen LogP contribution in [0, 0.1) is 5.82 Å². The number of halogens is 1. The van der Waals surface area contributed by atoms with Gasteiger partial charge in [-0.2, -0.15) is 0 Å². The zero-order valence-electron chi connectivity index (χ0n) is 10.0. The smallest absolute Gasteiger partial charge is 0.239 e. The SMILES string of the molecule is C[C@H](N)C(=O)N(C)CCOc1cccc(F)c1. The minimum absolute atomic E-state index is 0.146. The van der Waals surface area contributed by atoms with Crippen molar-refractivity contribution in [2.45, 2.75) is 13.0 Å². The third-order valence-corrected chi connectivity index (χ3v) is 2.26. The van der Waals surface area contributed by atoms with Crippen LogP contribution in [0.25, 0.3) is 0 Å². The van der Waals surface area contributed by atoms with Gasteiger partial charge in [-0.15, -0.1) is 0 Å². The van der Waals surface area contributed by atoms with E-state index in [2.05, 4.69) is 0 Å². The molecular formula is C12H17FN2O2. The first kappa shape index (κ1) is 13.4. The minimum atomic E-state index is -0.519. The lowest BCUT2D eigenvalue weighted by molar-refractivity contribution is -0.131. The standard InChI is InChI=1S/C12H17FN2O2/c1-9(14)12(16)15(2)6-7-17-11-5-3-4-10(13)8-11/h3-5,8-9H,6-7,14H2,1-2H3/t9-/m0/s1. The average molecular weight is 240 g/mol. The Bertz CT molecular complexity index is 383. The lowest BCUT2D eigenvalue weighted by Gasteiger charge is -2.19. The molecule has 94 valence electrons. The lowest BCUT2D eigenvalue weighted by atomic mass is 10.3. The molecule has 1 rings (SSSR count). The van der Waals surface area contributed by atoms with Crippen LogP contribution in [0.4, 0.5) is 4.39 Å². The van der Waals surface area contributed by atoms with Gasteiger partial charge in [-0.1, -0.05) is 6.07 Å². The second kappa shape index (κ2) is 6.20. The molecule has 0 saturated carbocycles. The molecule has 0 heterocycles. The van der Waals surface area contributed by atoms with Crippen molar-refractivity contribution in [3.8, 4) is 5.75 Å². The molecule has 0 aliphatic carbocycles. The van der Waals surface area contributed by atoms with E-state index < -0.39 is 6.04 Å². The van der Waals surface area contributed by atoms with Gasteiger partial charge < -0.3 is 15.4 Å². The van der Waals surface area contributed by atoms with Gasteiger partial charge in [0, 0.05) is 13.1 Å². The second-order valence-electron chi connectivity index (χ2n) is 3.85. The molecule has 2 N–H and O–H groups in total. The first-order valence-electron chi connectivity index (χ1n) is 5.39.